The number of aromatic nitrogens is 2. The zero-order chi connectivity index (χ0) is 14.5. The molecule has 0 aliphatic rings. The van der Waals surface area contributed by atoms with Gasteiger partial charge in [-0.25, -0.2) is 4.39 Å². The Balaban J connectivity index is 1.54. The topological polar surface area (TPSA) is 51.0 Å². The van der Waals surface area contributed by atoms with Crippen LogP contribution in [0.15, 0.2) is 51.4 Å². The Morgan fingerprint density at radius 2 is 2.10 bits per heavy atom. The predicted octanol–water partition coefficient (Wildman–Crippen LogP) is 4.17. The van der Waals surface area contributed by atoms with Crippen LogP contribution in [0, 0.1) is 5.82 Å². The number of nitrogens with zero attached hydrogens (tertiary/aromatic N) is 2. The van der Waals surface area contributed by atoms with Crippen molar-refractivity contribution < 1.29 is 8.81 Å². The van der Waals surface area contributed by atoms with Gasteiger partial charge in [-0.15, -0.1) is 10.2 Å². The molecule has 0 spiro atoms. The Hall–Kier alpha value is -1.86. The van der Waals surface area contributed by atoms with E-state index in [0.29, 0.717) is 17.9 Å². The Morgan fingerprint density at radius 1 is 1.19 bits per heavy atom. The molecule has 0 bridgehead atoms. The lowest BCUT2D eigenvalue weighted by Gasteiger charge is -1.99. The van der Waals surface area contributed by atoms with Gasteiger partial charge in [-0.2, -0.15) is 0 Å². The van der Waals surface area contributed by atoms with Crippen molar-refractivity contribution in [2.24, 2.45) is 0 Å². The molecule has 3 rings (SSSR count). The average molecular weight is 321 g/mol. The van der Waals surface area contributed by atoms with E-state index in [9.17, 15) is 4.39 Å². The van der Waals surface area contributed by atoms with Gasteiger partial charge in [-0.1, -0.05) is 41.3 Å². The quantitative estimate of drug-likeness (QED) is 0.690. The van der Waals surface area contributed by atoms with E-state index in [2.05, 4.69) is 15.5 Å². The van der Waals surface area contributed by atoms with E-state index in [0.717, 1.165) is 15.2 Å². The SMILES string of the molecule is Fc1ccccc1CSc1nnc(NCc2ccco2)s1. The van der Waals surface area contributed by atoms with Crippen molar-refractivity contribution in [3.05, 3.63) is 59.8 Å². The highest BCUT2D eigenvalue weighted by Crippen LogP contribution is 2.29. The van der Waals surface area contributed by atoms with Crippen LogP contribution < -0.4 is 5.32 Å². The summed E-state index contributed by atoms with van der Waals surface area (Å²) in [7, 11) is 0. The number of nitrogens with one attached hydrogen (secondary N) is 1. The minimum atomic E-state index is -0.189. The van der Waals surface area contributed by atoms with E-state index in [1.807, 2.05) is 18.2 Å². The summed E-state index contributed by atoms with van der Waals surface area (Å²) in [5.41, 5.74) is 0.669. The Morgan fingerprint density at radius 3 is 2.90 bits per heavy atom. The first-order chi connectivity index (χ1) is 10.3. The number of benzene rings is 1. The predicted molar refractivity (Wildman–Crippen MR) is 81.9 cm³/mol. The number of anilines is 1. The number of rotatable bonds is 6. The second-order valence-corrected chi connectivity index (χ2v) is 6.39. The van der Waals surface area contributed by atoms with Crippen LogP contribution in [0.5, 0.6) is 0 Å². The average Bonchev–Trinajstić information content (AvgIpc) is 3.16. The molecule has 0 saturated carbocycles. The normalized spacial score (nSPS) is 10.7. The maximum absolute atomic E-state index is 13.5. The molecule has 0 saturated heterocycles. The summed E-state index contributed by atoms with van der Waals surface area (Å²) in [6.07, 6.45) is 1.63. The van der Waals surface area contributed by atoms with Crippen molar-refractivity contribution in [2.75, 3.05) is 5.32 Å². The first kappa shape index (κ1) is 14.1. The monoisotopic (exact) mass is 321 g/mol. The fourth-order valence-electron chi connectivity index (χ4n) is 1.67. The smallest absolute Gasteiger partial charge is 0.206 e. The molecule has 2 aromatic heterocycles. The van der Waals surface area contributed by atoms with Gasteiger partial charge in [0.25, 0.3) is 0 Å². The number of halogens is 1. The lowest BCUT2D eigenvalue weighted by molar-refractivity contribution is 0.518. The molecule has 0 fully saturated rings. The van der Waals surface area contributed by atoms with Crippen molar-refractivity contribution in [3.8, 4) is 0 Å². The van der Waals surface area contributed by atoms with Crippen LogP contribution in [0.2, 0.25) is 0 Å². The maximum atomic E-state index is 13.5. The molecule has 0 aliphatic carbocycles. The van der Waals surface area contributed by atoms with Crippen molar-refractivity contribution in [3.63, 3.8) is 0 Å². The molecule has 0 aliphatic heterocycles. The molecule has 0 amide bonds. The summed E-state index contributed by atoms with van der Waals surface area (Å²) in [6, 6.07) is 10.5. The molecule has 1 N–H and O–H groups in total. The standard InChI is InChI=1S/C14H12FN3OS2/c15-12-6-2-1-4-10(12)9-20-14-18-17-13(21-14)16-8-11-5-3-7-19-11/h1-7H,8-9H2,(H,16,17). The van der Waals surface area contributed by atoms with Crippen LogP contribution in [0.3, 0.4) is 0 Å². The van der Waals surface area contributed by atoms with Crippen LogP contribution in [-0.4, -0.2) is 10.2 Å². The van der Waals surface area contributed by atoms with E-state index in [-0.39, 0.29) is 5.82 Å². The molecule has 21 heavy (non-hydrogen) atoms. The van der Waals surface area contributed by atoms with Crippen LogP contribution in [0.1, 0.15) is 11.3 Å². The largest absolute Gasteiger partial charge is 0.467 e. The lowest BCUT2D eigenvalue weighted by Crippen LogP contribution is -1.96. The molecule has 4 nitrogen and oxygen atoms in total. The second kappa shape index (κ2) is 6.73. The van der Waals surface area contributed by atoms with E-state index in [1.165, 1.54) is 29.2 Å². The fourth-order valence-corrected chi connectivity index (χ4v) is 3.40. The van der Waals surface area contributed by atoms with Gasteiger partial charge in [0.05, 0.1) is 12.8 Å². The van der Waals surface area contributed by atoms with Crippen LogP contribution >= 0.6 is 23.1 Å². The van der Waals surface area contributed by atoms with Crippen LogP contribution in [0.4, 0.5) is 9.52 Å². The molecule has 0 unspecified atom stereocenters. The molecular weight excluding hydrogens is 309 g/mol. The van der Waals surface area contributed by atoms with Gasteiger partial charge < -0.3 is 9.73 Å². The van der Waals surface area contributed by atoms with Crippen molar-refractivity contribution in [1.29, 1.82) is 0 Å². The molecular formula is C14H12FN3OS2. The highest BCUT2D eigenvalue weighted by molar-refractivity contribution is 8.00. The second-order valence-electron chi connectivity index (χ2n) is 4.19. The van der Waals surface area contributed by atoms with Gasteiger partial charge in [-0.05, 0) is 23.8 Å². The minimum absolute atomic E-state index is 0.189. The summed E-state index contributed by atoms with van der Waals surface area (Å²) < 4.78 is 19.5. The lowest BCUT2D eigenvalue weighted by atomic mass is 10.2. The third kappa shape index (κ3) is 3.83. The highest BCUT2D eigenvalue weighted by atomic mass is 32.2. The highest BCUT2D eigenvalue weighted by Gasteiger charge is 2.07. The van der Waals surface area contributed by atoms with Gasteiger partial charge in [-0.3, -0.25) is 0 Å². The Labute approximate surface area is 129 Å². The van der Waals surface area contributed by atoms with Gasteiger partial charge in [0.15, 0.2) is 4.34 Å². The van der Waals surface area contributed by atoms with Crippen LogP contribution in [0.25, 0.3) is 0 Å². The van der Waals surface area contributed by atoms with E-state index in [4.69, 9.17) is 4.42 Å². The first-order valence-electron chi connectivity index (χ1n) is 6.27. The molecule has 108 valence electrons. The molecule has 1 aromatic carbocycles. The number of furan rings is 1. The summed E-state index contributed by atoms with van der Waals surface area (Å²) in [5, 5.41) is 12.0. The number of hydrogen-bond donors (Lipinski definition) is 1. The summed E-state index contributed by atoms with van der Waals surface area (Å²) in [5.74, 6) is 1.19. The zero-order valence-electron chi connectivity index (χ0n) is 11.0. The van der Waals surface area contributed by atoms with Gasteiger partial charge in [0, 0.05) is 5.75 Å². The zero-order valence-corrected chi connectivity index (χ0v) is 12.6. The third-order valence-corrected chi connectivity index (χ3v) is 4.77. The Bertz CT molecular complexity index is 700. The number of thioether (sulfide) groups is 1. The number of hydrogen-bond acceptors (Lipinski definition) is 6. The summed E-state index contributed by atoms with van der Waals surface area (Å²) in [6.45, 7) is 0.569. The van der Waals surface area contributed by atoms with Crippen molar-refractivity contribution >= 4 is 28.2 Å². The molecule has 0 atom stereocenters. The Kier molecular flexibility index (Phi) is 4.52. The summed E-state index contributed by atoms with van der Waals surface area (Å²) in [4.78, 5) is 0. The third-order valence-electron chi connectivity index (χ3n) is 2.71. The fraction of sp³-hybridized carbons (Fsp3) is 0.143. The summed E-state index contributed by atoms with van der Waals surface area (Å²) >= 11 is 2.92. The van der Waals surface area contributed by atoms with E-state index < -0.39 is 0 Å². The minimum Gasteiger partial charge on any atom is -0.467 e. The molecule has 0 radical (unpaired) electrons. The van der Waals surface area contributed by atoms with Gasteiger partial charge in [0.1, 0.15) is 11.6 Å². The van der Waals surface area contributed by atoms with Crippen LogP contribution in [-0.2, 0) is 12.3 Å². The maximum Gasteiger partial charge on any atom is 0.206 e. The van der Waals surface area contributed by atoms with E-state index in [1.54, 1.807) is 18.4 Å². The molecule has 3 aromatic rings. The van der Waals surface area contributed by atoms with Crippen molar-refractivity contribution in [2.45, 2.75) is 16.6 Å². The molecule has 2 heterocycles. The first-order valence-corrected chi connectivity index (χ1v) is 8.07. The van der Waals surface area contributed by atoms with Gasteiger partial charge >= 0.3 is 0 Å². The van der Waals surface area contributed by atoms with E-state index >= 15 is 0 Å². The molecule has 7 heteroatoms. The van der Waals surface area contributed by atoms with Crippen molar-refractivity contribution in [1.82, 2.24) is 10.2 Å². The van der Waals surface area contributed by atoms with Gasteiger partial charge in [0.2, 0.25) is 5.13 Å².